The first-order chi connectivity index (χ1) is 41.2. The topological polar surface area (TPSA) is 19.4 Å². The second kappa shape index (κ2) is 19.7. The highest BCUT2D eigenvalue weighted by Gasteiger charge is 2.75. The van der Waals surface area contributed by atoms with E-state index in [1.54, 1.807) is 11.4 Å². The molecule has 6 aliphatic carbocycles. The van der Waals surface area contributed by atoms with Crippen LogP contribution in [0.4, 0.5) is 34.1 Å². The normalized spacial score (nSPS) is 39.9. The van der Waals surface area contributed by atoms with Gasteiger partial charge in [0.15, 0.2) is 0 Å². The number of fused-ring (bicyclic) bond motifs is 3. The van der Waals surface area contributed by atoms with Crippen LogP contribution >= 0.6 is 15.8 Å². The molecule has 22 atom stereocenters. The molecule has 0 spiro atoms. The van der Waals surface area contributed by atoms with Crippen LogP contribution in [0.25, 0.3) is 0 Å². The minimum Gasteiger partial charge on any atom is -0.364 e. The number of rotatable bonds is 6. The zero-order chi connectivity index (χ0) is 56.0. The highest BCUT2D eigenvalue weighted by atomic mass is 31.1. The van der Waals surface area contributed by atoms with Crippen molar-refractivity contribution < 1.29 is 0 Å². The number of hydrogen-bond donors (Lipinski definition) is 0. The zero-order valence-corrected chi connectivity index (χ0v) is 52.7. The van der Waals surface area contributed by atoms with Gasteiger partial charge in [0.2, 0.25) is 0 Å². The van der Waals surface area contributed by atoms with E-state index in [0.717, 1.165) is 0 Å². The van der Waals surface area contributed by atoms with Crippen LogP contribution in [0.1, 0.15) is 123 Å². The molecule has 6 saturated carbocycles. The first kappa shape index (κ1) is 52.1. The van der Waals surface area contributed by atoms with E-state index in [1.165, 1.54) is 146 Å². The molecule has 84 heavy (non-hydrogen) atoms. The van der Waals surface area contributed by atoms with Crippen molar-refractivity contribution in [3.8, 4) is 0 Å². The van der Waals surface area contributed by atoms with E-state index in [4.69, 9.17) is 0 Å². The summed E-state index contributed by atoms with van der Waals surface area (Å²) in [5, 5.41) is 0. The maximum Gasteiger partial charge on any atom is 0.0413 e. The quantitative estimate of drug-likeness (QED) is 0.154. The first-order valence-electron chi connectivity index (χ1n) is 33.8. The molecule has 434 valence electrons. The lowest BCUT2D eigenvalue weighted by Gasteiger charge is -2.78. The third-order valence-corrected chi connectivity index (χ3v) is 33.6. The fourth-order valence-corrected chi connectivity index (χ4v) is 33.4. The summed E-state index contributed by atoms with van der Waals surface area (Å²) in [6.45, 7) is 13.9. The Morgan fingerprint density at radius 3 is 0.655 bits per heavy atom. The number of nitrogens with zero attached hydrogens (tertiary/aromatic N) is 6. The van der Waals surface area contributed by atoms with Crippen molar-refractivity contribution in [1.82, 2.24) is 0 Å². The second-order valence-electron chi connectivity index (χ2n) is 29.5. The summed E-state index contributed by atoms with van der Waals surface area (Å²) in [5.74, 6) is 1.18. The van der Waals surface area contributed by atoms with Gasteiger partial charge in [-0.25, -0.2) is 0 Å². The van der Waals surface area contributed by atoms with E-state index in [0.29, 0.717) is 118 Å². The van der Waals surface area contributed by atoms with Gasteiger partial charge in [0.05, 0.1) is 0 Å². The Morgan fingerprint density at radius 1 is 0.238 bits per heavy atom. The molecule has 12 aliphatic rings. The van der Waals surface area contributed by atoms with Gasteiger partial charge in [-0.2, -0.15) is 0 Å². The van der Waals surface area contributed by atoms with E-state index in [-0.39, 0.29) is 15.8 Å². The third kappa shape index (κ3) is 7.53. The molecule has 0 bridgehead atoms. The van der Waals surface area contributed by atoms with Crippen LogP contribution in [0, 0.1) is 53.4 Å². The third-order valence-electron chi connectivity index (χ3n) is 25.4. The van der Waals surface area contributed by atoms with Gasteiger partial charge in [0, 0.05) is 141 Å². The van der Waals surface area contributed by atoms with Crippen molar-refractivity contribution in [2.45, 2.75) is 238 Å². The molecule has 6 nitrogen and oxygen atoms in total. The Morgan fingerprint density at radius 2 is 0.429 bits per heavy atom. The first-order valence-corrected chi connectivity index (χ1v) is 36.9. The lowest BCUT2D eigenvalue weighted by Crippen LogP contribution is -2.84. The molecular formula is C76H90N6P2. The molecule has 12 fully saturated rings. The molecular weight excluding hydrogens is 1060 g/mol. The summed E-state index contributed by atoms with van der Waals surface area (Å²) in [5.41, 5.74) is 21.6. The van der Waals surface area contributed by atoms with Gasteiger partial charge in [0.1, 0.15) is 0 Å². The van der Waals surface area contributed by atoms with E-state index in [9.17, 15) is 0 Å². The SMILES string of the molecule is Cc1ccc(N2C3CCCC4C3P3C5C2CCCC5N(c2ccc(C)cc2)C2C5CC6C7C(C5CC(C23)N4c2ccc(C)cc2)N(c2ccc(C)cc2)C2CCCC3C2P7C2C(CCCC2N6c2ccc(C)cc2)N3c2ccc(C)cc2)cc1. The molecule has 0 aromatic heterocycles. The summed E-state index contributed by atoms with van der Waals surface area (Å²) < 4.78 is 0. The monoisotopic (exact) mass is 1150 g/mol. The van der Waals surface area contributed by atoms with Crippen molar-refractivity contribution in [3.63, 3.8) is 0 Å². The predicted molar refractivity (Wildman–Crippen MR) is 356 cm³/mol. The van der Waals surface area contributed by atoms with E-state index < -0.39 is 0 Å². The maximum atomic E-state index is 3.33. The van der Waals surface area contributed by atoms with Crippen molar-refractivity contribution in [2.75, 3.05) is 29.4 Å². The molecule has 18 rings (SSSR count). The summed E-state index contributed by atoms with van der Waals surface area (Å²) in [7, 11) is -0.688. The van der Waals surface area contributed by atoms with Gasteiger partial charge in [0.25, 0.3) is 0 Å². The summed E-state index contributed by atoms with van der Waals surface area (Å²) in [6, 6.07) is 67.5. The molecule has 0 radical (unpaired) electrons. The van der Waals surface area contributed by atoms with Crippen LogP contribution in [0.15, 0.2) is 146 Å². The lowest BCUT2D eigenvalue weighted by atomic mass is 9.59. The van der Waals surface area contributed by atoms with Gasteiger partial charge in [-0.15, -0.1) is 0 Å². The molecule has 8 heteroatoms. The van der Waals surface area contributed by atoms with Crippen molar-refractivity contribution in [3.05, 3.63) is 179 Å². The van der Waals surface area contributed by atoms with E-state index >= 15 is 0 Å². The van der Waals surface area contributed by atoms with Gasteiger partial charge in [-0.1, -0.05) is 122 Å². The molecule has 6 aromatic rings. The number of hydrogen-bond acceptors (Lipinski definition) is 6. The fraction of sp³-hybridized carbons (Fsp3) is 0.526. The maximum absolute atomic E-state index is 3.33. The number of benzene rings is 6. The van der Waals surface area contributed by atoms with Crippen LogP contribution < -0.4 is 29.4 Å². The number of aryl methyl sites for hydroxylation is 6. The summed E-state index contributed by atoms with van der Waals surface area (Å²) in [4.78, 5) is 19.5. The standard InChI is InChI=1S/C76H90N6P2/c1-45-19-31-51(32-20-45)77-59-11-7-15-63-71(59)83-73-61(77)13-9-17-65(73)81(55-39-27-49(5)28-40-55)69-57-44-68-76-70(58(57)43-67(75(69)83)79(63)53-35-23-47(3)24-36-53)82(56-41-29-50(6)30-42-56)66-18-10-14-62-74(66)84(76)72-60(78(62)52-33-21-46(2)22-34-52)12-8-16-64(72)80(68)54-37-25-48(4)26-38-54/h19-42,57-76H,7-18,43-44H2,1-6H3. The summed E-state index contributed by atoms with van der Waals surface area (Å²) in [6.07, 6.45) is 18.8. The Balaban J connectivity index is 0.886. The van der Waals surface area contributed by atoms with Crippen LogP contribution in [-0.4, -0.2) is 106 Å². The highest BCUT2D eigenvalue weighted by molar-refractivity contribution is 7.61. The Kier molecular flexibility index (Phi) is 12.3. The number of anilines is 6. The van der Waals surface area contributed by atoms with Gasteiger partial charge >= 0.3 is 0 Å². The highest BCUT2D eigenvalue weighted by Crippen LogP contribution is 2.78. The van der Waals surface area contributed by atoms with E-state index in [2.05, 4.69) is 217 Å². The molecule has 0 amide bonds. The van der Waals surface area contributed by atoms with Crippen LogP contribution in [0.2, 0.25) is 0 Å². The fourth-order valence-electron chi connectivity index (χ4n) is 22.7. The average molecular weight is 1150 g/mol. The minimum absolute atomic E-state index is 0.344. The predicted octanol–water partition coefficient (Wildman–Crippen LogP) is 16.3. The Hall–Kier alpha value is -5.02. The molecule has 6 aliphatic heterocycles. The van der Waals surface area contributed by atoms with Crippen molar-refractivity contribution >= 4 is 50.0 Å². The van der Waals surface area contributed by atoms with Crippen LogP contribution in [0.3, 0.4) is 0 Å². The molecule has 0 N–H and O–H groups in total. The van der Waals surface area contributed by atoms with E-state index in [1.807, 2.05) is 0 Å². The van der Waals surface area contributed by atoms with Crippen LogP contribution in [0.5, 0.6) is 0 Å². The lowest BCUT2D eigenvalue weighted by molar-refractivity contribution is 0.0566. The van der Waals surface area contributed by atoms with Crippen LogP contribution in [-0.2, 0) is 0 Å². The largest absolute Gasteiger partial charge is 0.364 e. The second-order valence-corrected chi connectivity index (χ2v) is 34.8. The Bertz CT molecular complexity index is 3170. The zero-order valence-electron chi connectivity index (χ0n) is 50.9. The molecule has 22 unspecified atom stereocenters. The summed E-state index contributed by atoms with van der Waals surface area (Å²) >= 11 is 0. The van der Waals surface area contributed by atoms with Gasteiger partial charge < -0.3 is 29.4 Å². The van der Waals surface area contributed by atoms with Crippen molar-refractivity contribution in [1.29, 1.82) is 0 Å². The smallest absolute Gasteiger partial charge is 0.0413 e. The van der Waals surface area contributed by atoms with Gasteiger partial charge in [-0.3, -0.25) is 0 Å². The van der Waals surface area contributed by atoms with Crippen molar-refractivity contribution in [2.24, 2.45) is 11.8 Å². The van der Waals surface area contributed by atoms with Gasteiger partial charge in [-0.05, 0) is 216 Å². The molecule has 6 heterocycles. The average Bonchev–Trinajstić information content (AvgIpc) is 0.686. The Labute approximate surface area is 505 Å². The minimum atomic E-state index is -0.344. The molecule has 6 aromatic carbocycles. The molecule has 6 saturated heterocycles.